The van der Waals surface area contributed by atoms with Crippen molar-refractivity contribution in [1.82, 2.24) is 24.6 Å². The largest absolute Gasteiger partial charge is 0.496 e. The number of likely N-dealkylation sites (tertiary alicyclic amines) is 1. The Morgan fingerprint density at radius 1 is 1.27 bits per heavy atom. The zero-order valence-electron chi connectivity index (χ0n) is 18.7. The third-order valence-electron chi connectivity index (χ3n) is 6.73. The molecule has 0 amide bonds. The predicted molar refractivity (Wildman–Crippen MR) is 124 cm³/mol. The molecule has 1 fully saturated rings. The SMILES string of the molecule is COc1cc(C)c2[nH]ccc2c1CN1CC[C@H](n2cncn2)CC1c1ccc(C(=O)O)cc1. The second-order valence-electron chi connectivity index (χ2n) is 8.61. The van der Waals surface area contributed by atoms with Crippen molar-refractivity contribution in [2.75, 3.05) is 13.7 Å². The van der Waals surface area contributed by atoms with E-state index in [1.165, 1.54) is 5.39 Å². The number of nitrogens with one attached hydrogen (secondary N) is 1. The first kappa shape index (κ1) is 21.2. The van der Waals surface area contributed by atoms with Gasteiger partial charge in [-0.05, 0) is 55.2 Å². The fourth-order valence-corrected chi connectivity index (χ4v) is 5.01. The van der Waals surface area contributed by atoms with E-state index in [0.29, 0.717) is 5.56 Å². The number of piperidine rings is 1. The molecule has 5 rings (SSSR count). The summed E-state index contributed by atoms with van der Waals surface area (Å²) in [6, 6.07) is 11.8. The van der Waals surface area contributed by atoms with Crippen LogP contribution in [-0.2, 0) is 6.54 Å². The van der Waals surface area contributed by atoms with Gasteiger partial charge in [0.2, 0.25) is 0 Å². The van der Waals surface area contributed by atoms with Crippen molar-refractivity contribution in [2.45, 2.75) is 38.4 Å². The molecule has 0 spiro atoms. The van der Waals surface area contributed by atoms with Crippen LogP contribution in [0.1, 0.15) is 52.0 Å². The first-order valence-electron chi connectivity index (χ1n) is 11.1. The van der Waals surface area contributed by atoms with Crippen LogP contribution in [0.25, 0.3) is 10.9 Å². The van der Waals surface area contributed by atoms with Gasteiger partial charge in [0.1, 0.15) is 18.4 Å². The fraction of sp³-hybridized carbons (Fsp3) is 0.320. The number of hydrogen-bond donors (Lipinski definition) is 2. The monoisotopic (exact) mass is 445 g/mol. The normalized spacial score (nSPS) is 19.1. The minimum absolute atomic E-state index is 0.107. The first-order valence-corrected chi connectivity index (χ1v) is 11.1. The van der Waals surface area contributed by atoms with E-state index in [1.54, 1.807) is 31.9 Å². The van der Waals surface area contributed by atoms with E-state index in [9.17, 15) is 9.90 Å². The molecule has 170 valence electrons. The second-order valence-corrected chi connectivity index (χ2v) is 8.61. The zero-order valence-corrected chi connectivity index (χ0v) is 18.7. The highest BCUT2D eigenvalue weighted by molar-refractivity contribution is 5.88. The Balaban J connectivity index is 1.51. The van der Waals surface area contributed by atoms with Crippen LogP contribution < -0.4 is 4.74 Å². The Labute approximate surface area is 191 Å². The molecule has 2 aromatic heterocycles. The lowest BCUT2D eigenvalue weighted by Gasteiger charge is -2.40. The topological polar surface area (TPSA) is 96.3 Å². The van der Waals surface area contributed by atoms with Crippen LogP contribution in [0.15, 0.2) is 55.2 Å². The highest BCUT2D eigenvalue weighted by Crippen LogP contribution is 2.40. The molecule has 2 aromatic carbocycles. The molecule has 1 aliphatic heterocycles. The second kappa shape index (κ2) is 8.71. The molecule has 0 aliphatic carbocycles. The average molecular weight is 446 g/mol. The van der Waals surface area contributed by atoms with Crippen molar-refractivity contribution in [2.24, 2.45) is 0 Å². The maximum absolute atomic E-state index is 11.4. The van der Waals surface area contributed by atoms with Gasteiger partial charge in [0, 0.05) is 41.8 Å². The zero-order chi connectivity index (χ0) is 22.9. The third kappa shape index (κ3) is 3.98. The number of carbonyl (C=O) groups is 1. The van der Waals surface area contributed by atoms with Crippen LogP contribution in [0.3, 0.4) is 0 Å². The lowest BCUT2D eigenvalue weighted by atomic mass is 9.90. The molecule has 33 heavy (non-hydrogen) atoms. The van der Waals surface area contributed by atoms with Gasteiger partial charge >= 0.3 is 5.97 Å². The number of H-pyrrole nitrogens is 1. The smallest absolute Gasteiger partial charge is 0.335 e. The molecule has 3 heterocycles. The lowest BCUT2D eigenvalue weighted by Crippen LogP contribution is -2.37. The Morgan fingerprint density at radius 2 is 2.09 bits per heavy atom. The van der Waals surface area contributed by atoms with E-state index in [0.717, 1.165) is 53.9 Å². The van der Waals surface area contributed by atoms with Crippen molar-refractivity contribution in [3.8, 4) is 5.75 Å². The molecule has 2 atom stereocenters. The van der Waals surface area contributed by atoms with Crippen LogP contribution in [-0.4, -0.2) is 49.4 Å². The molecule has 1 aliphatic rings. The number of methoxy groups -OCH3 is 1. The van der Waals surface area contributed by atoms with Gasteiger partial charge in [-0.25, -0.2) is 14.5 Å². The van der Waals surface area contributed by atoms with Crippen molar-refractivity contribution in [3.63, 3.8) is 0 Å². The van der Waals surface area contributed by atoms with Gasteiger partial charge in [0.25, 0.3) is 0 Å². The Bertz CT molecular complexity index is 1260. The van der Waals surface area contributed by atoms with Gasteiger partial charge in [0.15, 0.2) is 0 Å². The number of carboxylic acid groups (broad SMARTS) is 1. The van der Waals surface area contributed by atoms with Crippen LogP contribution in [0, 0.1) is 6.92 Å². The lowest BCUT2D eigenvalue weighted by molar-refractivity contribution is 0.0696. The molecule has 1 saturated heterocycles. The molecular weight excluding hydrogens is 418 g/mol. The van der Waals surface area contributed by atoms with Gasteiger partial charge in [-0.15, -0.1) is 0 Å². The first-order chi connectivity index (χ1) is 16.0. The van der Waals surface area contributed by atoms with E-state index < -0.39 is 5.97 Å². The van der Waals surface area contributed by atoms with Crippen LogP contribution in [0.2, 0.25) is 0 Å². The highest BCUT2D eigenvalue weighted by atomic mass is 16.5. The molecule has 2 N–H and O–H groups in total. The molecule has 0 saturated carbocycles. The van der Waals surface area contributed by atoms with Crippen molar-refractivity contribution < 1.29 is 14.6 Å². The number of benzene rings is 2. The van der Waals surface area contributed by atoms with E-state index in [2.05, 4.69) is 39.0 Å². The summed E-state index contributed by atoms with van der Waals surface area (Å²) in [6.07, 6.45) is 7.14. The van der Waals surface area contributed by atoms with E-state index in [1.807, 2.05) is 23.0 Å². The molecule has 8 heteroatoms. The molecule has 8 nitrogen and oxygen atoms in total. The summed E-state index contributed by atoms with van der Waals surface area (Å²) in [5.41, 5.74) is 4.84. The molecule has 4 aromatic rings. The fourth-order valence-electron chi connectivity index (χ4n) is 5.01. The van der Waals surface area contributed by atoms with E-state index >= 15 is 0 Å². The van der Waals surface area contributed by atoms with Crippen LogP contribution >= 0.6 is 0 Å². The molecular formula is C25H27N5O3. The number of aromatic nitrogens is 4. The Hall–Kier alpha value is -3.65. The maximum atomic E-state index is 11.4. The van der Waals surface area contributed by atoms with Gasteiger partial charge < -0.3 is 14.8 Å². The van der Waals surface area contributed by atoms with Crippen molar-refractivity contribution in [1.29, 1.82) is 0 Å². The maximum Gasteiger partial charge on any atom is 0.335 e. The average Bonchev–Trinajstić information content (AvgIpc) is 3.54. The number of aromatic amines is 1. The quantitative estimate of drug-likeness (QED) is 0.458. The Morgan fingerprint density at radius 3 is 2.79 bits per heavy atom. The minimum atomic E-state index is -0.915. The summed E-state index contributed by atoms with van der Waals surface area (Å²) in [6.45, 7) is 3.69. The number of fused-ring (bicyclic) bond motifs is 1. The number of rotatable bonds is 6. The van der Waals surface area contributed by atoms with E-state index in [4.69, 9.17) is 4.74 Å². The summed E-state index contributed by atoms with van der Waals surface area (Å²) >= 11 is 0. The van der Waals surface area contributed by atoms with Crippen molar-refractivity contribution in [3.05, 3.63) is 77.5 Å². The summed E-state index contributed by atoms with van der Waals surface area (Å²) in [5.74, 6) is -0.0280. The number of carboxylic acids is 1. The number of ether oxygens (including phenoxy) is 1. The predicted octanol–water partition coefficient (Wildman–Crippen LogP) is 4.35. The third-order valence-corrected chi connectivity index (χ3v) is 6.73. The molecule has 0 bridgehead atoms. The summed E-state index contributed by atoms with van der Waals surface area (Å²) in [4.78, 5) is 21.3. The van der Waals surface area contributed by atoms with Gasteiger partial charge in [-0.3, -0.25) is 4.90 Å². The summed E-state index contributed by atoms with van der Waals surface area (Å²) in [7, 11) is 1.72. The summed E-state index contributed by atoms with van der Waals surface area (Å²) < 4.78 is 7.72. The van der Waals surface area contributed by atoms with Gasteiger partial charge in [-0.2, -0.15) is 5.10 Å². The number of aryl methyl sites for hydroxylation is 1. The summed E-state index contributed by atoms with van der Waals surface area (Å²) in [5, 5.41) is 14.9. The van der Waals surface area contributed by atoms with E-state index in [-0.39, 0.29) is 12.1 Å². The van der Waals surface area contributed by atoms with Gasteiger partial charge in [0.05, 0.1) is 18.7 Å². The van der Waals surface area contributed by atoms with Crippen molar-refractivity contribution >= 4 is 16.9 Å². The number of hydrogen-bond acceptors (Lipinski definition) is 5. The molecule has 1 unspecified atom stereocenters. The van der Waals surface area contributed by atoms with Gasteiger partial charge in [-0.1, -0.05) is 12.1 Å². The highest BCUT2D eigenvalue weighted by Gasteiger charge is 2.32. The number of aromatic carboxylic acids is 1. The standard InChI is InChI=1S/C25H27N5O3/c1-16-11-23(33-2)21(20-7-9-27-24(16)20)13-29-10-8-19(30-15-26-14-28-30)12-22(29)17-3-5-18(6-4-17)25(31)32/h3-7,9,11,14-15,19,22,27H,8,10,12-13H2,1-2H3,(H,31,32)/t19-,22?/m0/s1. The Kier molecular flexibility index (Phi) is 5.60. The minimum Gasteiger partial charge on any atom is -0.496 e. The molecule has 0 radical (unpaired) electrons. The van der Waals surface area contributed by atoms with Crippen LogP contribution in [0.5, 0.6) is 5.75 Å². The van der Waals surface area contributed by atoms with Crippen LogP contribution in [0.4, 0.5) is 0 Å². The number of nitrogens with zero attached hydrogens (tertiary/aromatic N) is 4.